The highest BCUT2D eigenvalue weighted by Gasteiger charge is 2.43. The Balaban J connectivity index is 1.55. The van der Waals surface area contributed by atoms with Crippen LogP contribution in [0, 0.1) is 5.92 Å². The van der Waals surface area contributed by atoms with E-state index in [4.69, 9.17) is 28.9 Å². The van der Waals surface area contributed by atoms with E-state index in [0.717, 1.165) is 11.1 Å². The van der Waals surface area contributed by atoms with Crippen LogP contribution in [-0.2, 0) is 17.9 Å². The molecule has 32 heavy (non-hydrogen) atoms. The first-order valence-electron chi connectivity index (χ1n) is 10.3. The maximum atomic E-state index is 12.9. The first-order chi connectivity index (χ1) is 15.1. The van der Waals surface area contributed by atoms with Crippen LogP contribution < -0.4 is 16.4 Å². The van der Waals surface area contributed by atoms with Crippen LogP contribution in [0.1, 0.15) is 38.3 Å². The quantitative estimate of drug-likeness (QED) is 0.537. The summed E-state index contributed by atoms with van der Waals surface area (Å²) in [5, 5.41) is 6.44. The minimum Gasteiger partial charge on any atom is -0.369 e. The van der Waals surface area contributed by atoms with Gasteiger partial charge in [0.1, 0.15) is 5.54 Å². The van der Waals surface area contributed by atoms with Crippen molar-refractivity contribution in [2.45, 2.75) is 45.8 Å². The van der Waals surface area contributed by atoms with Crippen LogP contribution in [0.2, 0.25) is 10.0 Å². The standard InChI is InChI=1S/C23H27Cl2N5O2/c1-14(2)11-23(3)20(31)30(21(26)29-23)13-15-4-7-17(8-5-15)28-22(32)27-12-16-6-9-18(24)19(25)10-16/h4-10,14H,11-13H2,1-3H3,(H2,26,29)(H2,27,28,32). The number of guanidine groups is 1. The molecule has 0 saturated carbocycles. The van der Waals surface area contributed by atoms with E-state index in [-0.39, 0.29) is 17.9 Å². The summed E-state index contributed by atoms with van der Waals surface area (Å²) in [6.07, 6.45) is 0.642. The second-order valence-electron chi connectivity index (χ2n) is 8.49. The molecule has 7 nitrogen and oxygen atoms in total. The van der Waals surface area contributed by atoms with Gasteiger partial charge in [-0.15, -0.1) is 0 Å². The van der Waals surface area contributed by atoms with Gasteiger partial charge in [0.2, 0.25) is 0 Å². The first-order valence-corrected chi connectivity index (χ1v) is 11.1. The van der Waals surface area contributed by atoms with Crippen LogP contribution in [0.3, 0.4) is 0 Å². The maximum absolute atomic E-state index is 12.9. The number of nitrogens with one attached hydrogen (secondary N) is 2. The number of nitrogens with two attached hydrogens (primary N) is 1. The summed E-state index contributed by atoms with van der Waals surface area (Å²) in [7, 11) is 0. The van der Waals surface area contributed by atoms with Gasteiger partial charge in [0.05, 0.1) is 16.6 Å². The van der Waals surface area contributed by atoms with Crippen LogP contribution in [0.15, 0.2) is 47.5 Å². The van der Waals surface area contributed by atoms with Gasteiger partial charge in [0, 0.05) is 12.2 Å². The molecule has 1 aliphatic rings. The molecule has 0 bridgehead atoms. The topological polar surface area (TPSA) is 99.8 Å². The highest BCUT2D eigenvalue weighted by molar-refractivity contribution is 6.42. The van der Waals surface area contributed by atoms with Crippen molar-refractivity contribution in [1.82, 2.24) is 10.2 Å². The molecular weight excluding hydrogens is 449 g/mol. The largest absolute Gasteiger partial charge is 0.369 e. The van der Waals surface area contributed by atoms with E-state index in [0.29, 0.717) is 41.2 Å². The molecule has 0 aliphatic carbocycles. The Morgan fingerprint density at radius 3 is 2.41 bits per heavy atom. The third kappa shape index (κ3) is 5.72. The van der Waals surface area contributed by atoms with Crippen molar-refractivity contribution in [3.63, 3.8) is 0 Å². The molecular formula is C23H27Cl2N5O2. The molecule has 1 heterocycles. The third-order valence-corrected chi connectivity index (χ3v) is 5.88. The lowest BCUT2D eigenvalue weighted by Gasteiger charge is -2.23. The second-order valence-corrected chi connectivity index (χ2v) is 9.30. The van der Waals surface area contributed by atoms with Gasteiger partial charge in [-0.05, 0) is 54.7 Å². The van der Waals surface area contributed by atoms with Crippen LogP contribution in [-0.4, -0.2) is 28.3 Å². The summed E-state index contributed by atoms with van der Waals surface area (Å²) in [5.74, 6) is 0.475. The zero-order chi connectivity index (χ0) is 23.5. The molecule has 1 atom stereocenters. The van der Waals surface area contributed by atoms with Crippen molar-refractivity contribution >= 4 is 46.8 Å². The molecule has 9 heteroatoms. The molecule has 0 fully saturated rings. The summed E-state index contributed by atoms with van der Waals surface area (Å²) < 4.78 is 0. The van der Waals surface area contributed by atoms with Gasteiger partial charge in [-0.2, -0.15) is 0 Å². The van der Waals surface area contributed by atoms with Gasteiger partial charge in [0.25, 0.3) is 5.91 Å². The van der Waals surface area contributed by atoms with E-state index in [9.17, 15) is 9.59 Å². The Hall–Kier alpha value is -2.77. The number of amides is 3. The number of urea groups is 1. The Morgan fingerprint density at radius 2 is 1.78 bits per heavy atom. The molecule has 0 radical (unpaired) electrons. The average Bonchev–Trinajstić information content (AvgIpc) is 2.92. The summed E-state index contributed by atoms with van der Waals surface area (Å²) in [4.78, 5) is 31.0. The fourth-order valence-corrected chi connectivity index (χ4v) is 4.04. The summed E-state index contributed by atoms with van der Waals surface area (Å²) in [5.41, 5.74) is 7.57. The molecule has 0 spiro atoms. The monoisotopic (exact) mass is 475 g/mol. The predicted molar refractivity (Wildman–Crippen MR) is 129 cm³/mol. The average molecular weight is 476 g/mol. The van der Waals surface area contributed by atoms with Crippen LogP contribution in [0.4, 0.5) is 10.5 Å². The number of aliphatic imine (C=N–C) groups is 1. The molecule has 1 unspecified atom stereocenters. The molecule has 2 aromatic carbocycles. The Labute approximate surface area is 198 Å². The number of anilines is 1. The fourth-order valence-electron chi connectivity index (χ4n) is 3.72. The smallest absolute Gasteiger partial charge is 0.319 e. The molecule has 3 rings (SSSR count). The number of hydrogen-bond acceptors (Lipinski definition) is 4. The van der Waals surface area contributed by atoms with E-state index in [1.54, 1.807) is 30.3 Å². The van der Waals surface area contributed by atoms with Crippen molar-refractivity contribution in [2.24, 2.45) is 16.6 Å². The Morgan fingerprint density at radius 1 is 1.12 bits per heavy atom. The fraction of sp³-hybridized carbons (Fsp3) is 0.348. The van der Waals surface area contributed by atoms with Crippen molar-refractivity contribution < 1.29 is 9.59 Å². The Kier molecular flexibility index (Phi) is 7.31. The van der Waals surface area contributed by atoms with Crippen molar-refractivity contribution in [3.05, 3.63) is 63.6 Å². The second kappa shape index (κ2) is 9.79. The number of halogens is 2. The number of hydrogen-bond donors (Lipinski definition) is 3. The van der Waals surface area contributed by atoms with Crippen molar-refractivity contribution in [1.29, 1.82) is 0 Å². The highest BCUT2D eigenvalue weighted by atomic mass is 35.5. The van der Waals surface area contributed by atoms with Crippen LogP contribution >= 0.6 is 23.2 Å². The molecule has 170 valence electrons. The van der Waals surface area contributed by atoms with E-state index < -0.39 is 5.54 Å². The lowest BCUT2D eigenvalue weighted by atomic mass is 9.91. The van der Waals surface area contributed by atoms with Crippen LogP contribution in [0.25, 0.3) is 0 Å². The van der Waals surface area contributed by atoms with Gasteiger partial charge >= 0.3 is 6.03 Å². The van der Waals surface area contributed by atoms with Gasteiger partial charge in [-0.1, -0.05) is 55.2 Å². The van der Waals surface area contributed by atoms with Gasteiger partial charge in [-0.25, -0.2) is 9.79 Å². The Bertz CT molecular complexity index is 1040. The van der Waals surface area contributed by atoms with Crippen molar-refractivity contribution in [3.8, 4) is 0 Å². The number of benzene rings is 2. The number of nitrogens with zero attached hydrogens (tertiary/aromatic N) is 2. The lowest BCUT2D eigenvalue weighted by Crippen LogP contribution is -2.43. The molecule has 3 amide bonds. The first kappa shape index (κ1) is 23.9. The summed E-state index contributed by atoms with van der Waals surface area (Å²) in [6.45, 7) is 6.57. The third-order valence-electron chi connectivity index (χ3n) is 5.14. The van der Waals surface area contributed by atoms with Gasteiger partial charge in [-0.3, -0.25) is 9.69 Å². The van der Waals surface area contributed by atoms with E-state index in [1.165, 1.54) is 4.90 Å². The molecule has 2 aromatic rings. The summed E-state index contributed by atoms with van der Waals surface area (Å²) >= 11 is 11.9. The SMILES string of the molecule is CC(C)CC1(C)N=C(N)N(Cc2ccc(NC(=O)NCc3ccc(Cl)c(Cl)c3)cc2)C1=O. The molecule has 1 aliphatic heterocycles. The lowest BCUT2D eigenvalue weighted by molar-refractivity contribution is -0.131. The zero-order valence-corrected chi connectivity index (χ0v) is 19.8. The number of carbonyl (C=O) groups is 2. The highest BCUT2D eigenvalue weighted by Crippen LogP contribution is 2.29. The van der Waals surface area contributed by atoms with Crippen molar-refractivity contribution in [2.75, 3.05) is 5.32 Å². The minimum atomic E-state index is -0.813. The zero-order valence-electron chi connectivity index (χ0n) is 18.3. The maximum Gasteiger partial charge on any atom is 0.319 e. The van der Waals surface area contributed by atoms with E-state index >= 15 is 0 Å². The minimum absolute atomic E-state index is 0.0902. The molecule has 0 aromatic heterocycles. The van der Waals surface area contributed by atoms with Crippen LogP contribution in [0.5, 0.6) is 0 Å². The van der Waals surface area contributed by atoms with Gasteiger partial charge < -0.3 is 16.4 Å². The molecule has 4 N–H and O–H groups in total. The summed E-state index contributed by atoms with van der Waals surface area (Å²) in [6, 6.07) is 12.1. The normalized spacial score (nSPS) is 18.1. The number of rotatable bonds is 7. The predicted octanol–water partition coefficient (Wildman–Crippen LogP) is 4.78. The van der Waals surface area contributed by atoms with Gasteiger partial charge in [0.15, 0.2) is 5.96 Å². The number of carbonyl (C=O) groups excluding carboxylic acids is 2. The van der Waals surface area contributed by atoms with E-state index in [1.807, 2.05) is 19.1 Å². The van der Waals surface area contributed by atoms with E-state index in [2.05, 4.69) is 29.5 Å². The molecule has 0 saturated heterocycles.